The SMILES string of the molecule is CC1CCC2(C)CC(O)C3(C)CCC4C3=C2C1CCC4C. The zero-order chi connectivity index (χ0) is 15.0. The maximum absolute atomic E-state index is 11.0. The van der Waals surface area contributed by atoms with Gasteiger partial charge in [-0.05, 0) is 74.0 Å². The zero-order valence-electron chi connectivity index (χ0n) is 14.3. The van der Waals surface area contributed by atoms with E-state index in [1.165, 1.54) is 38.5 Å². The van der Waals surface area contributed by atoms with Crippen LogP contribution in [0.15, 0.2) is 11.1 Å². The molecular formula is C20H32O. The second-order valence-corrected chi connectivity index (χ2v) is 9.35. The van der Waals surface area contributed by atoms with Crippen LogP contribution in [0.3, 0.4) is 0 Å². The number of rotatable bonds is 0. The fourth-order valence-corrected chi connectivity index (χ4v) is 6.66. The Morgan fingerprint density at radius 2 is 1.52 bits per heavy atom. The average molecular weight is 288 g/mol. The normalized spacial score (nSPS) is 56.1. The largest absolute Gasteiger partial charge is 0.392 e. The molecule has 0 saturated heterocycles. The van der Waals surface area contributed by atoms with Crippen molar-refractivity contribution < 1.29 is 5.11 Å². The highest BCUT2D eigenvalue weighted by Crippen LogP contribution is 2.66. The molecule has 0 aromatic rings. The Morgan fingerprint density at radius 3 is 2.29 bits per heavy atom. The van der Waals surface area contributed by atoms with Crippen LogP contribution in [0.5, 0.6) is 0 Å². The molecule has 0 aromatic carbocycles. The molecule has 0 heterocycles. The van der Waals surface area contributed by atoms with Crippen molar-refractivity contribution in [2.24, 2.45) is 34.5 Å². The van der Waals surface area contributed by atoms with Gasteiger partial charge in [0.05, 0.1) is 6.10 Å². The third kappa shape index (κ3) is 1.73. The van der Waals surface area contributed by atoms with Gasteiger partial charge in [-0.1, -0.05) is 38.8 Å². The molecule has 1 nitrogen and oxygen atoms in total. The van der Waals surface area contributed by atoms with E-state index in [0.29, 0.717) is 5.41 Å². The van der Waals surface area contributed by atoms with E-state index < -0.39 is 0 Å². The third-order valence-corrected chi connectivity index (χ3v) is 8.11. The molecule has 4 aliphatic rings. The van der Waals surface area contributed by atoms with E-state index in [2.05, 4.69) is 27.7 Å². The summed E-state index contributed by atoms with van der Waals surface area (Å²) in [5.41, 5.74) is 4.01. The van der Waals surface area contributed by atoms with E-state index in [0.717, 1.165) is 30.1 Å². The third-order valence-electron chi connectivity index (χ3n) is 8.11. The molecule has 2 fully saturated rings. The second-order valence-electron chi connectivity index (χ2n) is 9.35. The molecule has 0 aromatic heterocycles. The van der Waals surface area contributed by atoms with E-state index in [1.54, 1.807) is 5.57 Å². The lowest BCUT2D eigenvalue weighted by Gasteiger charge is -2.54. The van der Waals surface area contributed by atoms with E-state index >= 15 is 0 Å². The van der Waals surface area contributed by atoms with Crippen molar-refractivity contribution in [1.82, 2.24) is 0 Å². The highest BCUT2D eigenvalue weighted by Gasteiger charge is 2.58. The second kappa shape index (κ2) is 4.37. The lowest BCUT2D eigenvalue weighted by molar-refractivity contribution is -0.00280. The summed E-state index contributed by atoms with van der Waals surface area (Å²) in [4.78, 5) is 0. The minimum absolute atomic E-state index is 0.105. The maximum atomic E-state index is 11.0. The van der Waals surface area contributed by atoms with Gasteiger partial charge in [0.15, 0.2) is 0 Å². The molecule has 1 heteroatoms. The first-order valence-electron chi connectivity index (χ1n) is 9.30. The van der Waals surface area contributed by atoms with Gasteiger partial charge in [-0.25, -0.2) is 0 Å². The Labute approximate surface area is 130 Å². The van der Waals surface area contributed by atoms with Crippen LogP contribution in [-0.4, -0.2) is 11.2 Å². The zero-order valence-corrected chi connectivity index (χ0v) is 14.3. The van der Waals surface area contributed by atoms with Gasteiger partial charge >= 0.3 is 0 Å². The Hall–Kier alpha value is -0.300. The molecule has 7 unspecified atom stereocenters. The summed E-state index contributed by atoms with van der Waals surface area (Å²) in [5, 5.41) is 11.0. The van der Waals surface area contributed by atoms with Crippen molar-refractivity contribution >= 4 is 0 Å². The first-order chi connectivity index (χ1) is 9.87. The number of aliphatic hydroxyl groups is 1. The predicted molar refractivity (Wildman–Crippen MR) is 86.9 cm³/mol. The lowest BCUT2D eigenvalue weighted by Crippen LogP contribution is -2.47. The highest BCUT2D eigenvalue weighted by molar-refractivity contribution is 5.40. The Bertz CT molecular complexity index is 492. The van der Waals surface area contributed by atoms with E-state index in [1.807, 2.05) is 5.57 Å². The Kier molecular flexibility index (Phi) is 2.98. The summed E-state index contributed by atoms with van der Waals surface area (Å²) in [6.07, 6.45) is 8.92. The van der Waals surface area contributed by atoms with Crippen LogP contribution in [-0.2, 0) is 0 Å². The van der Waals surface area contributed by atoms with Gasteiger partial charge in [0, 0.05) is 5.41 Å². The Balaban J connectivity index is 1.96. The molecule has 0 aliphatic heterocycles. The number of hydrogen-bond acceptors (Lipinski definition) is 1. The van der Waals surface area contributed by atoms with Gasteiger partial charge in [0.2, 0.25) is 0 Å². The standard InChI is InChI=1S/C20H32O/c1-12-5-6-14-13(2)7-9-19(3)11-16(21)20(4)10-8-15(12)18(20)17(14)19/h12-16,21H,5-11H2,1-4H3. The smallest absolute Gasteiger partial charge is 0.0639 e. The molecule has 118 valence electrons. The fraction of sp³-hybridized carbons (Fsp3) is 0.900. The molecule has 21 heavy (non-hydrogen) atoms. The summed E-state index contributed by atoms with van der Waals surface area (Å²) >= 11 is 0. The summed E-state index contributed by atoms with van der Waals surface area (Å²) < 4.78 is 0. The summed E-state index contributed by atoms with van der Waals surface area (Å²) in [5.74, 6) is 3.26. The van der Waals surface area contributed by atoms with Crippen LogP contribution < -0.4 is 0 Å². The average Bonchev–Trinajstić information content (AvgIpc) is 2.69. The van der Waals surface area contributed by atoms with E-state index in [4.69, 9.17) is 0 Å². The van der Waals surface area contributed by atoms with Crippen LogP contribution in [0.1, 0.15) is 72.6 Å². The fourth-order valence-electron chi connectivity index (χ4n) is 6.66. The molecule has 0 amide bonds. The van der Waals surface area contributed by atoms with Crippen molar-refractivity contribution in [2.75, 3.05) is 0 Å². The molecule has 1 N–H and O–H groups in total. The molecule has 7 atom stereocenters. The number of aliphatic hydroxyl groups excluding tert-OH is 1. The van der Waals surface area contributed by atoms with Gasteiger partial charge in [-0.2, -0.15) is 0 Å². The summed E-state index contributed by atoms with van der Waals surface area (Å²) in [6, 6.07) is 0. The minimum Gasteiger partial charge on any atom is -0.392 e. The molecule has 0 spiro atoms. The van der Waals surface area contributed by atoms with Crippen LogP contribution >= 0.6 is 0 Å². The van der Waals surface area contributed by atoms with Gasteiger partial charge in [-0.15, -0.1) is 0 Å². The van der Waals surface area contributed by atoms with Crippen molar-refractivity contribution in [2.45, 2.75) is 78.7 Å². The molecule has 0 radical (unpaired) electrons. The van der Waals surface area contributed by atoms with Crippen LogP contribution in [0.2, 0.25) is 0 Å². The van der Waals surface area contributed by atoms with Gasteiger partial charge in [0.1, 0.15) is 0 Å². The quantitative estimate of drug-likeness (QED) is 0.626. The van der Waals surface area contributed by atoms with Crippen LogP contribution in [0.25, 0.3) is 0 Å². The molecule has 2 saturated carbocycles. The van der Waals surface area contributed by atoms with Gasteiger partial charge in [0.25, 0.3) is 0 Å². The minimum atomic E-state index is -0.106. The number of allylic oxidation sites excluding steroid dienone is 1. The molecule has 0 bridgehead atoms. The van der Waals surface area contributed by atoms with Crippen molar-refractivity contribution in [3.05, 3.63) is 11.1 Å². The topological polar surface area (TPSA) is 20.2 Å². The Morgan fingerprint density at radius 1 is 0.857 bits per heavy atom. The van der Waals surface area contributed by atoms with Crippen LogP contribution in [0, 0.1) is 34.5 Å². The first kappa shape index (κ1) is 14.3. The van der Waals surface area contributed by atoms with Gasteiger partial charge < -0.3 is 5.11 Å². The molecular weight excluding hydrogens is 256 g/mol. The number of hydrogen-bond donors (Lipinski definition) is 1. The first-order valence-corrected chi connectivity index (χ1v) is 9.30. The van der Waals surface area contributed by atoms with Crippen molar-refractivity contribution in [3.63, 3.8) is 0 Å². The van der Waals surface area contributed by atoms with Gasteiger partial charge in [-0.3, -0.25) is 0 Å². The lowest BCUT2D eigenvalue weighted by atomic mass is 9.52. The monoisotopic (exact) mass is 288 g/mol. The molecule has 4 aliphatic carbocycles. The van der Waals surface area contributed by atoms with Crippen molar-refractivity contribution in [1.29, 1.82) is 0 Å². The summed E-state index contributed by atoms with van der Waals surface area (Å²) in [6.45, 7) is 9.82. The maximum Gasteiger partial charge on any atom is 0.0639 e. The highest BCUT2D eigenvalue weighted by atomic mass is 16.3. The summed E-state index contributed by atoms with van der Waals surface area (Å²) in [7, 11) is 0. The predicted octanol–water partition coefficient (Wildman–Crippen LogP) is 4.95. The van der Waals surface area contributed by atoms with Crippen LogP contribution in [0.4, 0.5) is 0 Å². The van der Waals surface area contributed by atoms with E-state index in [9.17, 15) is 5.11 Å². The van der Waals surface area contributed by atoms with Crippen molar-refractivity contribution in [3.8, 4) is 0 Å². The van der Waals surface area contributed by atoms with E-state index in [-0.39, 0.29) is 11.5 Å². The molecule has 4 rings (SSSR count).